The summed E-state index contributed by atoms with van der Waals surface area (Å²) < 4.78 is 1.30. The van der Waals surface area contributed by atoms with Gasteiger partial charge in [-0.15, -0.1) is 5.10 Å². The third-order valence-corrected chi connectivity index (χ3v) is 4.97. The number of benzene rings is 2. The monoisotopic (exact) mass is 393 g/mol. The van der Waals surface area contributed by atoms with Gasteiger partial charge < -0.3 is 10.6 Å². The van der Waals surface area contributed by atoms with Crippen molar-refractivity contribution in [2.45, 2.75) is 13.8 Å². The van der Waals surface area contributed by atoms with Gasteiger partial charge >= 0.3 is 0 Å². The van der Waals surface area contributed by atoms with Gasteiger partial charge in [-0.05, 0) is 36.2 Å². The number of hydrogen-bond donors (Lipinski definition) is 2. The molecule has 142 valence electrons. The highest BCUT2D eigenvalue weighted by molar-refractivity contribution is 7.20. The van der Waals surface area contributed by atoms with E-state index in [0.717, 1.165) is 0 Å². The molecule has 7 nitrogen and oxygen atoms in total. The highest BCUT2D eigenvalue weighted by Crippen LogP contribution is 2.23. The van der Waals surface area contributed by atoms with Crippen LogP contribution in [-0.4, -0.2) is 27.0 Å². The Bertz CT molecular complexity index is 1230. The Morgan fingerprint density at radius 3 is 2.82 bits per heavy atom. The van der Waals surface area contributed by atoms with Crippen molar-refractivity contribution in [1.82, 2.24) is 19.9 Å². The van der Waals surface area contributed by atoms with Crippen LogP contribution >= 0.6 is 11.3 Å². The largest absolute Gasteiger partial charge is 0.352 e. The minimum absolute atomic E-state index is 0.120. The molecular formula is C20H19N5O2S. The normalized spacial score (nSPS) is 11.2. The smallest absolute Gasteiger partial charge is 0.283 e. The molecule has 8 heteroatoms. The fourth-order valence-electron chi connectivity index (χ4n) is 2.77. The maximum Gasteiger partial charge on any atom is 0.283 e. The van der Waals surface area contributed by atoms with Crippen molar-refractivity contribution in [3.05, 3.63) is 64.4 Å². The second kappa shape index (κ2) is 7.40. The molecule has 0 bridgehead atoms. The molecule has 28 heavy (non-hydrogen) atoms. The average Bonchev–Trinajstić information content (AvgIpc) is 3.09. The van der Waals surface area contributed by atoms with Crippen molar-refractivity contribution in [2.24, 2.45) is 5.92 Å². The molecule has 0 fully saturated rings. The first-order valence-electron chi connectivity index (χ1n) is 8.95. The van der Waals surface area contributed by atoms with Crippen LogP contribution in [0, 0.1) is 5.92 Å². The lowest BCUT2D eigenvalue weighted by atomic mass is 10.1. The van der Waals surface area contributed by atoms with E-state index in [1.54, 1.807) is 30.3 Å². The molecule has 2 heterocycles. The summed E-state index contributed by atoms with van der Waals surface area (Å²) in [6, 6.07) is 14.4. The Kier molecular flexibility index (Phi) is 4.79. The van der Waals surface area contributed by atoms with Crippen LogP contribution < -0.4 is 16.2 Å². The molecule has 4 rings (SSSR count). The molecule has 0 unspecified atom stereocenters. The predicted octanol–water partition coefficient (Wildman–Crippen LogP) is 3.43. The second-order valence-corrected chi connectivity index (χ2v) is 7.80. The van der Waals surface area contributed by atoms with Crippen LogP contribution in [0.3, 0.4) is 0 Å². The molecule has 0 atom stereocenters. The maximum atomic E-state index is 12.6. The summed E-state index contributed by atoms with van der Waals surface area (Å²) in [5, 5.41) is 11.5. The zero-order valence-electron chi connectivity index (χ0n) is 15.5. The second-order valence-electron chi connectivity index (χ2n) is 6.85. The van der Waals surface area contributed by atoms with Crippen LogP contribution in [0.1, 0.15) is 24.2 Å². The molecular weight excluding hydrogens is 374 g/mol. The zero-order valence-corrected chi connectivity index (χ0v) is 16.3. The number of amides is 1. The van der Waals surface area contributed by atoms with Gasteiger partial charge in [-0.2, -0.15) is 4.52 Å². The predicted molar refractivity (Wildman–Crippen MR) is 112 cm³/mol. The summed E-state index contributed by atoms with van der Waals surface area (Å²) in [5.41, 5.74) is 1.72. The lowest BCUT2D eigenvalue weighted by Crippen LogP contribution is -2.27. The number of carbonyl (C=O) groups is 1. The van der Waals surface area contributed by atoms with E-state index in [-0.39, 0.29) is 11.5 Å². The summed E-state index contributed by atoms with van der Waals surface area (Å²) in [5.74, 6) is 0.264. The number of hydrogen-bond acceptors (Lipinski definition) is 6. The fourth-order valence-corrected chi connectivity index (χ4v) is 3.58. The molecule has 0 aliphatic heterocycles. The summed E-state index contributed by atoms with van der Waals surface area (Å²) in [4.78, 5) is 29.9. The van der Waals surface area contributed by atoms with Gasteiger partial charge in [0.2, 0.25) is 10.1 Å². The van der Waals surface area contributed by atoms with Gasteiger partial charge in [-0.25, -0.2) is 4.98 Å². The Balaban J connectivity index is 1.62. The van der Waals surface area contributed by atoms with E-state index in [1.165, 1.54) is 15.9 Å². The zero-order chi connectivity index (χ0) is 19.7. The highest BCUT2D eigenvalue weighted by Gasteiger charge is 2.12. The van der Waals surface area contributed by atoms with Crippen LogP contribution in [0.15, 0.2) is 53.3 Å². The molecule has 2 N–H and O–H groups in total. The molecule has 1 amide bonds. The summed E-state index contributed by atoms with van der Waals surface area (Å²) >= 11 is 1.28. The first-order chi connectivity index (χ1) is 13.5. The minimum Gasteiger partial charge on any atom is -0.352 e. The van der Waals surface area contributed by atoms with Crippen LogP contribution in [0.5, 0.6) is 0 Å². The highest BCUT2D eigenvalue weighted by atomic mass is 32.1. The van der Waals surface area contributed by atoms with Crippen LogP contribution in [0.4, 0.5) is 10.8 Å². The molecule has 0 saturated heterocycles. The molecule has 0 aliphatic carbocycles. The van der Waals surface area contributed by atoms with Crippen molar-refractivity contribution < 1.29 is 4.79 Å². The van der Waals surface area contributed by atoms with Crippen LogP contribution in [-0.2, 0) is 0 Å². The quantitative estimate of drug-likeness (QED) is 0.542. The first kappa shape index (κ1) is 18.1. The van der Waals surface area contributed by atoms with E-state index >= 15 is 0 Å². The van der Waals surface area contributed by atoms with Crippen molar-refractivity contribution in [3.63, 3.8) is 0 Å². The Morgan fingerprint density at radius 2 is 2.00 bits per heavy atom. The SMILES string of the molecule is CC(C)CNC(=O)c1cccc(Nc2nn3c(=O)c4ccccc4nc3s2)c1. The van der Waals surface area contributed by atoms with E-state index < -0.39 is 0 Å². The molecule has 2 aromatic carbocycles. The molecule has 4 aromatic rings. The standard InChI is InChI=1S/C20H19N5O2S/c1-12(2)11-21-17(26)13-6-5-7-14(10-13)22-19-24-25-18(27)15-8-3-4-9-16(15)23-20(25)28-19/h3-10,12H,11H2,1-2H3,(H,21,26)(H,22,24). The van der Waals surface area contributed by atoms with Crippen LogP contribution in [0.25, 0.3) is 15.9 Å². The number of nitrogens with zero attached hydrogens (tertiary/aromatic N) is 3. The van der Waals surface area contributed by atoms with Gasteiger partial charge in [0.25, 0.3) is 11.5 Å². The molecule has 0 aliphatic rings. The van der Waals surface area contributed by atoms with Crippen molar-refractivity contribution in [3.8, 4) is 0 Å². The van der Waals surface area contributed by atoms with Crippen LogP contribution in [0.2, 0.25) is 0 Å². The van der Waals surface area contributed by atoms with E-state index in [4.69, 9.17) is 0 Å². The van der Waals surface area contributed by atoms with E-state index in [2.05, 4.69) is 20.7 Å². The first-order valence-corrected chi connectivity index (χ1v) is 9.77. The van der Waals surface area contributed by atoms with Crippen molar-refractivity contribution in [2.75, 3.05) is 11.9 Å². The third kappa shape index (κ3) is 3.59. The topological polar surface area (TPSA) is 88.4 Å². The van der Waals surface area contributed by atoms with Gasteiger partial charge in [0.1, 0.15) is 0 Å². The Morgan fingerprint density at radius 1 is 1.18 bits per heavy atom. The van der Waals surface area contributed by atoms with Crippen molar-refractivity contribution in [1.29, 1.82) is 0 Å². The lowest BCUT2D eigenvalue weighted by Gasteiger charge is -2.09. The van der Waals surface area contributed by atoms with E-state index in [0.29, 0.717) is 44.7 Å². The number of nitrogens with one attached hydrogen (secondary N) is 2. The Labute approximate surface area is 165 Å². The van der Waals surface area contributed by atoms with Gasteiger partial charge in [0.05, 0.1) is 10.9 Å². The lowest BCUT2D eigenvalue weighted by molar-refractivity contribution is 0.0949. The number of anilines is 2. The molecule has 2 aromatic heterocycles. The summed E-state index contributed by atoms with van der Waals surface area (Å²) in [7, 11) is 0. The summed E-state index contributed by atoms with van der Waals surface area (Å²) in [6.45, 7) is 4.71. The van der Waals surface area contributed by atoms with E-state index in [9.17, 15) is 9.59 Å². The van der Waals surface area contributed by atoms with Gasteiger partial charge in [0, 0.05) is 17.8 Å². The number of fused-ring (bicyclic) bond motifs is 2. The minimum atomic E-state index is -0.202. The maximum absolute atomic E-state index is 12.6. The number of carbonyl (C=O) groups excluding carboxylic acids is 1. The van der Waals surface area contributed by atoms with Crippen molar-refractivity contribution >= 4 is 43.9 Å². The van der Waals surface area contributed by atoms with Gasteiger partial charge in [-0.1, -0.05) is 43.4 Å². The van der Waals surface area contributed by atoms with Gasteiger partial charge in [0.15, 0.2) is 0 Å². The summed E-state index contributed by atoms with van der Waals surface area (Å²) in [6.07, 6.45) is 0. The molecule has 0 saturated carbocycles. The fraction of sp³-hybridized carbons (Fsp3) is 0.200. The molecule has 0 spiro atoms. The molecule has 0 radical (unpaired) electrons. The number of aromatic nitrogens is 3. The number of para-hydroxylation sites is 1. The Hall–Kier alpha value is -3.26. The average molecular weight is 393 g/mol. The van der Waals surface area contributed by atoms with E-state index in [1.807, 2.05) is 32.0 Å². The third-order valence-electron chi connectivity index (χ3n) is 4.15. The van der Waals surface area contributed by atoms with Gasteiger partial charge in [-0.3, -0.25) is 9.59 Å². The number of rotatable bonds is 5.